The molecule has 2 aromatic carbocycles. The topological polar surface area (TPSA) is 103 Å². The summed E-state index contributed by atoms with van der Waals surface area (Å²) in [5.41, 5.74) is 2.10. The van der Waals surface area contributed by atoms with E-state index in [1.54, 1.807) is 30.6 Å². The molecule has 1 N–H and O–H groups in total. The average Bonchev–Trinajstić information content (AvgIpc) is 3.30. The number of pyridine rings is 2. The summed E-state index contributed by atoms with van der Waals surface area (Å²) in [6, 6.07) is 18.2. The molecule has 1 amide bonds. The molecule has 0 saturated carbocycles. The van der Waals surface area contributed by atoms with Crippen molar-refractivity contribution in [1.29, 1.82) is 0 Å². The van der Waals surface area contributed by atoms with Crippen LogP contribution in [0.2, 0.25) is 0 Å². The van der Waals surface area contributed by atoms with Crippen molar-refractivity contribution in [3.05, 3.63) is 89.2 Å². The van der Waals surface area contributed by atoms with Gasteiger partial charge in [-0.05, 0) is 36.4 Å². The van der Waals surface area contributed by atoms with Gasteiger partial charge in [-0.2, -0.15) is 4.98 Å². The quantitative estimate of drug-likeness (QED) is 0.446. The Kier molecular flexibility index (Phi) is 4.72. The standard InChI is InChI=1S/C23H17N5O3/c29-20(25-13-21-26-23(27-31-21)15-6-5-11-24-12-15)14-28-18-9-3-1-7-16(18)22(30)17-8-2-4-10-19(17)28/h1-12H,13-14H2,(H,25,29). The fourth-order valence-electron chi connectivity index (χ4n) is 3.56. The molecule has 8 nitrogen and oxygen atoms in total. The van der Waals surface area contributed by atoms with Crippen LogP contribution < -0.4 is 10.7 Å². The predicted octanol–water partition coefficient (Wildman–Crippen LogP) is 2.92. The van der Waals surface area contributed by atoms with Crippen LogP contribution in [0.4, 0.5) is 0 Å². The third-order valence-electron chi connectivity index (χ3n) is 5.01. The highest BCUT2D eigenvalue weighted by Gasteiger charge is 2.14. The van der Waals surface area contributed by atoms with E-state index in [1.165, 1.54) is 0 Å². The summed E-state index contributed by atoms with van der Waals surface area (Å²) in [5.74, 6) is 0.469. The third-order valence-corrected chi connectivity index (χ3v) is 5.01. The molecule has 3 aromatic heterocycles. The van der Waals surface area contributed by atoms with E-state index in [-0.39, 0.29) is 24.4 Å². The molecule has 5 aromatic rings. The van der Waals surface area contributed by atoms with Crippen molar-refractivity contribution < 1.29 is 9.32 Å². The van der Waals surface area contributed by atoms with Crippen LogP contribution in [0.5, 0.6) is 0 Å². The molecule has 5 rings (SSSR count). The summed E-state index contributed by atoms with van der Waals surface area (Å²) >= 11 is 0. The lowest BCUT2D eigenvalue weighted by atomic mass is 10.1. The second-order valence-corrected chi connectivity index (χ2v) is 6.98. The minimum absolute atomic E-state index is 0.0448. The van der Waals surface area contributed by atoms with Crippen LogP contribution in [-0.2, 0) is 17.9 Å². The molecule has 0 saturated heterocycles. The Hall–Kier alpha value is -4.33. The monoisotopic (exact) mass is 411 g/mol. The Bertz CT molecular complexity index is 1400. The van der Waals surface area contributed by atoms with Crippen molar-refractivity contribution in [3.63, 3.8) is 0 Å². The van der Waals surface area contributed by atoms with Crippen LogP contribution in [0.15, 0.2) is 82.4 Å². The van der Waals surface area contributed by atoms with Crippen LogP contribution >= 0.6 is 0 Å². The number of amides is 1. The molecule has 0 unspecified atom stereocenters. The lowest BCUT2D eigenvalue weighted by molar-refractivity contribution is -0.121. The molecule has 3 heterocycles. The Morgan fingerprint density at radius 1 is 0.968 bits per heavy atom. The Morgan fingerprint density at radius 2 is 1.68 bits per heavy atom. The first kappa shape index (κ1) is 18.7. The first-order chi connectivity index (χ1) is 15.2. The van der Waals surface area contributed by atoms with Crippen LogP contribution in [0.3, 0.4) is 0 Å². The lowest BCUT2D eigenvalue weighted by Crippen LogP contribution is -2.28. The molecule has 0 aliphatic carbocycles. The summed E-state index contributed by atoms with van der Waals surface area (Å²) in [4.78, 5) is 33.9. The van der Waals surface area contributed by atoms with Crippen molar-refractivity contribution in [2.75, 3.05) is 0 Å². The molecule has 8 heteroatoms. The van der Waals surface area contributed by atoms with Gasteiger partial charge in [-0.3, -0.25) is 14.6 Å². The van der Waals surface area contributed by atoms with Gasteiger partial charge in [-0.25, -0.2) is 0 Å². The van der Waals surface area contributed by atoms with Gasteiger partial charge < -0.3 is 14.4 Å². The van der Waals surface area contributed by atoms with Crippen molar-refractivity contribution in [2.45, 2.75) is 13.1 Å². The zero-order valence-corrected chi connectivity index (χ0v) is 16.4. The maximum Gasteiger partial charge on any atom is 0.246 e. The van der Waals surface area contributed by atoms with Crippen molar-refractivity contribution in [2.24, 2.45) is 0 Å². The second-order valence-electron chi connectivity index (χ2n) is 6.98. The number of aromatic nitrogens is 4. The van der Waals surface area contributed by atoms with Gasteiger partial charge in [0.1, 0.15) is 6.54 Å². The fraction of sp³-hybridized carbons (Fsp3) is 0.0870. The van der Waals surface area contributed by atoms with Crippen LogP contribution in [0.25, 0.3) is 33.2 Å². The summed E-state index contributed by atoms with van der Waals surface area (Å²) in [7, 11) is 0. The van der Waals surface area contributed by atoms with Crippen LogP contribution in [-0.4, -0.2) is 25.6 Å². The molecular weight excluding hydrogens is 394 g/mol. The number of benzene rings is 2. The highest BCUT2D eigenvalue weighted by molar-refractivity contribution is 5.94. The average molecular weight is 411 g/mol. The van der Waals surface area contributed by atoms with E-state index in [9.17, 15) is 9.59 Å². The molecule has 0 aliphatic rings. The van der Waals surface area contributed by atoms with Crippen molar-refractivity contribution in [1.82, 2.24) is 25.0 Å². The second kappa shape index (κ2) is 7.83. The minimum atomic E-state index is -0.236. The van der Waals surface area contributed by atoms with E-state index in [1.807, 2.05) is 47.0 Å². The zero-order valence-electron chi connectivity index (χ0n) is 16.4. The van der Waals surface area contributed by atoms with E-state index in [0.29, 0.717) is 33.5 Å². The van der Waals surface area contributed by atoms with E-state index in [2.05, 4.69) is 20.4 Å². The van der Waals surface area contributed by atoms with Crippen LogP contribution in [0.1, 0.15) is 5.89 Å². The third kappa shape index (κ3) is 3.55. The maximum atomic E-state index is 12.8. The summed E-state index contributed by atoms with van der Waals surface area (Å²) in [6.07, 6.45) is 3.30. The molecule has 0 radical (unpaired) electrons. The van der Waals surface area contributed by atoms with E-state index in [0.717, 1.165) is 5.56 Å². The molecule has 0 aliphatic heterocycles. The SMILES string of the molecule is O=C(Cn1c2ccccc2c(=O)c2ccccc21)NCc1nc(-c2cccnc2)no1. The zero-order chi connectivity index (χ0) is 21.2. The predicted molar refractivity (Wildman–Crippen MR) is 115 cm³/mol. The summed E-state index contributed by atoms with van der Waals surface area (Å²) < 4.78 is 7.07. The normalized spacial score (nSPS) is 11.1. The van der Waals surface area contributed by atoms with Crippen molar-refractivity contribution >= 4 is 27.7 Å². The van der Waals surface area contributed by atoms with Gasteiger partial charge in [-0.1, -0.05) is 29.4 Å². The van der Waals surface area contributed by atoms with Crippen molar-refractivity contribution in [3.8, 4) is 11.4 Å². The van der Waals surface area contributed by atoms with Crippen LogP contribution in [0, 0.1) is 0 Å². The van der Waals surface area contributed by atoms with Gasteiger partial charge >= 0.3 is 0 Å². The summed E-state index contributed by atoms with van der Waals surface area (Å²) in [5, 5.41) is 7.88. The van der Waals surface area contributed by atoms with Gasteiger partial charge in [-0.15, -0.1) is 0 Å². The highest BCUT2D eigenvalue weighted by atomic mass is 16.5. The van der Waals surface area contributed by atoms with E-state index < -0.39 is 0 Å². The van der Waals surface area contributed by atoms with Gasteiger partial charge in [0.2, 0.25) is 17.6 Å². The first-order valence-electron chi connectivity index (χ1n) is 9.70. The van der Waals surface area contributed by atoms with Gasteiger partial charge in [0, 0.05) is 28.7 Å². The number of fused-ring (bicyclic) bond motifs is 2. The number of para-hydroxylation sites is 2. The Balaban J connectivity index is 1.39. The fourth-order valence-corrected chi connectivity index (χ4v) is 3.56. The molecule has 0 atom stereocenters. The number of carbonyl (C=O) groups is 1. The van der Waals surface area contributed by atoms with Gasteiger partial charge in [0.15, 0.2) is 5.43 Å². The molecule has 152 valence electrons. The Morgan fingerprint density at radius 3 is 2.35 bits per heavy atom. The Labute approximate surface area is 176 Å². The largest absolute Gasteiger partial charge is 0.345 e. The van der Waals surface area contributed by atoms with E-state index in [4.69, 9.17) is 4.52 Å². The number of hydrogen-bond donors (Lipinski definition) is 1. The molecular formula is C23H17N5O3. The number of hydrogen-bond acceptors (Lipinski definition) is 6. The number of nitrogens with zero attached hydrogens (tertiary/aromatic N) is 4. The van der Waals surface area contributed by atoms with E-state index >= 15 is 0 Å². The molecule has 31 heavy (non-hydrogen) atoms. The summed E-state index contributed by atoms with van der Waals surface area (Å²) in [6.45, 7) is 0.146. The van der Waals surface area contributed by atoms with Gasteiger partial charge in [0.05, 0.1) is 17.6 Å². The number of carbonyl (C=O) groups excluding carboxylic acids is 1. The number of nitrogens with one attached hydrogen (secondary N) is 1. The molecule has 0 bridgehead atoms. The number of rotatable bonds is 5. The maximum absolute atomic E-state index is 12.8. The first-order valence-corrected chi connectivity index (χ1v) is 9.70. The highest BCUT2D eigenvalue weighted by Crippen LogP contribution is 2.19. The molecule has 0 spiro atoms. The minimum Gasteiger partial charge on any atom is -0.345 e. The molecule has 0 fully saturated rings. The smallest absolute Gasteiger partial charge is 0.246 e. The van der Waals surface area contributed by atoms with Gasteiger partial charge in [0.25, 0.3) is 0 Å². The lowest BCUT2D eigenvalue weighted by Gasteiger charge is -2.14.